The second kappa shape index (κ2) is 8.96. The Morgan fingerprint density at radius 2 is 1.69 bits per heavy atom. The van der Waals surface area contributed by atoms with Gasteiger partial charge in [-0.1, -0.05) is 32.9 Å². The quantitative estimate of drug-likeness (QED) is 0.497. The van der Waals surface area contributed by atoms with Crippen LogP contribution < -0.4 is 10.6 Å². The maximum Gasteiger partial charge on any atom is 0.243 e. The molecule has 1 fully saturated rings. The molecule has 7 nitrogen and oxygen atoms in total. The average Bonchev–Trinajstić information content (AvgIpc) is 2.87. The highest BCUT2D eigenvalue weighted by molar-refractivity contribution is 6.08. The summed E-state index contributed by atoms with van der Waals surface area (Å²) in [5.41, 5.74) is 0. The van der Waals surface area contributed by atoms with Gasteiger partial charge in [0, 0.05) is 6.54 Å². The summed E-state index contributed by atoms with van der Waals surface area (Å²) < 4.78 is 0. The number of imide groups is 1. The third kappa shape index (κ3) is 4.51. The van der Waals surface area contributed by atoms with Gasteiger partial charge in [0.15, 0.2) is 0 Å². The first-order valence-electron chi connectivity index (χ1n) is 9.43. The first kappa shape index (κ1) is 20.1. The highest BCUT2D eigenvalue weighted by Gasteiger charge is 2.51. The highest BCUT2D eigenvalue weighted by Crippen LogP contribution is 2.37. The van der Waals surface area contributed by atoms with Crippen molar-refractivity contribution in [3.8, 4) is 0 Å². The van der Waals surface area contributed by atoms with Gasteiger partial charge < -0.3 is 10.6 Å². The molecule has 0 unspecified atom stereocenters. The van der Waals surface area contributed by atoms with Crippen LogP contribution in [0, 0.1) is 17.8 Å². The normalized spacial score (nSPS) is 23.2. The van der Waals surface area contributed by atoms with Crippen molar-refractivity contribution in [3.63, 3.8) is 0 Å². The molecular weight excluding hydrogens is 334 g/mol. The van der Waals surface area contributed by atoms with E-state index in [9.17, 15) is 19.2 Å². The fourth-order valence-electron chi connectivity index (χ4n) is 3.52. The van der Waals surface area contributed by atoms with Gasteiger partial charge in [0.05, 0.1) is 18.4 Å². The molecule has 1 aliphatic carbocycles. The smallest absolute Gasteiger partial charge is 0.243 e. The molecule has 0 bridgehead atoms. The van der Waals surface area contributed by atoms with Crippen LogP contribution in [0.3, 0.4) is 0 Å². The van der Waals surface area contributed by atoms with Crippen molar-refractivity contribution in [2.45, 2.75) is 52.5 Å². The van der Waals surface area contributed by atoms with E-state index in [2.05, 4.69) is 10.6 Å². The number of carbonyl (C=O) groups excluding carboxylic acids is 4. The predicted octanol–water partition coefficient (Wildman–Crippen LogP) is 0.995. The number of allylic oxidation sites excluding steroid dienone is 2. The molecule has 1 saturated heterocycles. The fraction of sp³-hybridized carbons (Fsp3) is 0.684. The summed E-state index contributed by atoms with van der Waals surface area (Å²) in [6.07, 6.45) is 6.12. The van der Waals surface area contributed by atoms with Crippen LogP contribution in [0.1, 0.15) is 46.5 Å². The minimum atomic E-state index is -0.862. The Bertz CT molecular complexity index is 574. The first-order chi connectivity index (χ1) is 12.4. The summed E-state index contributed by atoms with van der Waals surface area (Å²) in [5.74, 6) is -1.84. The van der Waals surface area contributed by atoms with Crippen LogP contribution in [0.25, 0.3) is 0 Å². The Labute approximate surface area is 154 Å². The van der Waals surface area contributed by atoms with E-state index in [0.29, 0.717) is 25.8 Å². The van der Waals surface area contributed by atoms with Gasteiger partial charge in [-0.2, -0.15) is 0 Å². The molecule has 0 radical (unpaired) electrons. The number of nitrogens with zero attached hydrogens (tertiary/aromatic N) is 1. The largest absolute Gasteiger partial charge is 0.355 e. The van der Waals surface area contributed by atoms with E-state index in [1.54, 1.807) is 0 Å². The molecule has 7 heteroatoms. The van der Waals surface area contributed by atoms with Crippen molar-refractivity contribution in [1.29, 1.82) is 0 Å². The molecule has 0 aromatic rings. The number of nitrogens with one attached hydrogen (secondary N) is 2. The van der Waals surface area contributed by atoms with Crippen LogP contribution >= 0.6 is 0 Å². The number of amides is 4. The van der Waals surface area contributed by atoms with Gasteiger partial charge in [-0.25, -0.2) is 0 Å². The van der Waals surface area contributed by atoms with Gasteiger partial charge in [-0.15, -0.1) is 0 Å². The highest BCUT2D eigenvalue weighted by atomic mass is 16.2. The van der Waals surface area contributed by atoms with Gasteiger partial charge in [-0.05, 0) is 31.6 Å². The lowest BCUT2D eigenvalue weighted by atomic mass is 9.85. The summed E-state index contributed by atoms with van der Waals surface area (Å²) in [7, 11) is 0. The topological polar surface area (TPSA) is 95.6 Å². The van der Waals surface area contributed by atoms with Gasteiger partial charge in [0.25, 0.3) is 0 Å². The molecule has 2 aliphatic rings. The number of rotatable bonds is 8. The van der Waals surface area contributed by atoms with E-state index in [1.165, 1.54) is 0 Å². The van der Waals surface area contributed by atoms with E-state index >= 15 is 0 Å². The van der Waals surface area contributed by atoms with Crippen molar-refractivity contribution in [3.05, 3.63) is 12.2 Å². The lowest BCUT2D eigenvalue weighted by molar-refractivity contribution is -0.148. The van der Waals surface area contributed by atoms with Crippen molar-refractivity contribution < 1.29 is 19.2 Å². The molecule has 2 N–H and O–H groups in total. The minimum absolute atomic E-state index is 0.126. The molecular formula is C19H29N3O4. The van der Waals surface area contributed by atoms with E-state index in [0.717, 1.165) is 11.3 Å². The Morgan fingerprint density at radius 3 is 2.19 bits per heavy atom. The summed E-state index contributed by atoms with van der Waals surface area (Å²) >= 11 is 0. The van der Waals surface area contributed by atoms with E-state index < -0.39 is 11.9 Å². The van der Waals surface area contributed by atoms with Crippen molar-refractivity contribution in [2.75, 3.05) is 13.1 Å². The second-order valence-corrected chi connectivity index (χ2v) is 7.42. The molecule has 2 rings (SSSR count). The summed E-state index contributed by atoms with van der Waals surface area (Å²) in [5, 5.41) is 5.27. The number of fused-ring (bicyclic) bond motifs is 1. The summed E-state index contributed by atoms with van der Waals surface area (Å²) in [6, 6.07) is -0.862. The maximum atomic E-state index is 12.8. The van der Waals surface area contributed by atoms with Gasteiger partial charge in [0.1, 0.15) is 6.04 Å². The average molecular weight is 363 g/mol. The Balaban J connectivity index is 2.09. The Kier molecular flexibility index (Phi) is 6.94. The molecule has 26 heavy (non-hydrogen) atoms. The van der Waals surface area contributed by atoms with Gasteiger partial charge in [-0.3, -0.25) is 24.1 Å². The van der Waals surface area contributed by atoms with E-state index in [4.69, 9.17) is 0 Å². The predicted molar refractivity (Wildman–Crippen MR) is 96.8 cm³/mol. The van der Waals surface area contributed by atoms with Crippen LogP contribution in [-0.2, 0) is 19.2 Å². The Morgan fingerprint density at radius 1 is 1.12 bits per heavy atom. The number of hydrogen-bond acceptors (Lipinski definition) is 4. The van der Waals surface area contributed by atoms with E-state index in [-0.39, 0.29) is 42.0 Å². The SMILES string of the molecule is CCCNC(=O)CNC(=O)[C@H](CC(C)C)N1C(=O)[C@H]2CC=CC[C@H]2C1=O. The zero-order valence-electron chi connectivity index (χ0n) is 15.8. The lowest BCUT2D eigenvalue weighted by Gasteiger charge is -2.27. The van der Waals surface area contributed by atoms with Gasteiger partial charge >= 0.3 is 0 Å². The van der Waals surface area contributed by atoms with Crippen molar-refractivity contribution in [2.24, 2.45) is 17.8 Å². The van der Waals surface area contributed by atoms with Crippen LogP contribution in [0.4, 0.5) is 0 Å². The molecule has 0 spiro atoms. The third-order valence-corrected chi connectivity index (χ3v) is 4.85. The Hall–Kier alpha value is -2.18. The monoisotopic (exact) mass is 363 g/mol. The van der Waals surface area contributed by atoms with Gasteiger partial charge in [0.2, 0.25) is 23.6 Å². The molecule has 144 valence electrons. The van der Waals surface area contributed by atoms with Crippen LogP contribution in [0.2, 0.25) is 0 Å². The number of hydrogen-bond donors (Lipinski definition) is 2. The van der Waals surface area contributed by atoms with Crippen molar-refractivity contribution in [1.82, 2.24) is 15.5 Å². The molecule has 0 saturated carbocycles. The molecule has 1 heterocycles. The van der Waals surface area contributed by atoms with Crippen LogP contribution in [-0.4, -0.2) is 47.7 Å². The molecule has 4 amide bonds. The molecule has 0 aromatic carbocycles. The molecule has 1 aliphatic heterocycles. The summed E-state index contributed by atoms with van der Waals surface area (Å²) in [4.78, 5) is 51.1. The summed E-state index contributed by atoms with van der Waals surface area (Å²) in [6.45, 7) is 6.21. The van der Waals surface area contributed by atoms with Crippen molar-refractivity contribution >= 4 is 23.6 Å². The molecule has 0 aromatic heterocycles. The third-order valence-electron chi connectivity index (χ3n) is 4.85. The van der Waals surface area contributed by atoms with E-state index in [1.807, 2.05) is 32.9 Å². The molecule has 3 atom stereocenters. The zero-order chi connectivity index (χ0) is 19.3. The standard InChI is InChI=1S/C19H29N3O4/c1-4-9-20-16(23)11-21-17(24)15(10-12(2)3)22-18(25)13-7-5-6-8-14(13)19(22)26/h5-6,12-15H,4,7-11H2,1-3H3,(H,20,23)(H,21,24)/t13-,14+,15-/m0/s1. The maximum absolute atomic E-state index is 12.8. The zero-order valence-corrected chi connectivity index (χ0v) is 15.8. The van der Waals surface area contributed by atoms with Crippen LogP contribution in [0.5, 0.6) is 0 Å². The number of carbonyl (C=O) groups is 4. The van der Waals surface area contributed by atoms with Crippen LogP contribution in [0.15, 0.2) is 12.2 Å². The second-order valence-electron chi connectivity index (χ2n) is 7.42. The number of likely N-dealkylation sites (tertiary alicyclic amines) is 1. The first-order valence-corrected chi connectivity index (χ1v) is 9.43. The lowest BCUT2D eigenvalue weighted by Crippen LogP contribution is -2.52. The minimum Gasteiger partial charge on any atom is -0.355 e. The fourth-order valence-corrected chi connectivity index (χ4v) is 3.52.